The molecule has 0 unspecified atom stereocenters. The molecular formula is C28H25Br2N3O2. The molecule has 1 amide bonds. The van der Waals surface area contributed by atoms with Gasteiger partial charge < -0.3 is 14.9 Å². The zero-order chi connectivity index (χ0) is 24.7. The maximum absolute atomic E-state index is 13.3. The van der Waals surface area contributed by atoms with Gasteiger partial charge in [0.15, 0.2) is 0 Å². The summed E-state index contributed by atoms with van der Waals surface area (Å²) in [5.41, 5.74) is 6.87. The van der Waals surface area contributed by atoms with E-state index < -0.39 is 0 Å². The number of H-pyrrole nitrogens is 1. The van der Waals surface area contributed by atoms with Crippen LogP contribution in [0.5, 0.6) is 0 Å². The Morgan fingerprint density at radius 3 is 2.46 bits per heavy atom. The van der Waals surface area contributed by atoms with E-state index in [0.29, 0.717) is 17.8 Å². The van der Waals surface area contributed by atoms with Gasteiger partial charge in [0.05, 0.1) is 15.9 Å². The first kappa shape index (κ1) is 23.8. The van der Waals surface area contributed by atoms with Gasteiger partial charge in [-0.3, -0.25) is 9.59 Å². The predicted octanol–water partition coefficient (Wildman–Crippen LogP) is 6.32. The molecule has 2 aromatic heterocycles. The van der Waals surface area contributed by atoms with Crippen LogP contribution in [0.4, 0.5) is 0 Å². The van der Waals surface area contributed by atoms with Gasteiger partial charge in [0, 0.05) is 22.6 Å². The summed E-state index contributed by atoms with van der Waals surface area (Å²) < 4.78 is 3.83. The molecule has 5 nitrogen and oxygen atoms in total. The lowest BCUT2D eigenvalue weighted by Crippen LogP contribution is -2.32. The quantitative estimate of drug-likeness (QED) is 0.284. The number of aryl methyl sites for hydroxylation is 1. The smallest absolute Gasteiger partial charge is 0.269 e. The first-order valence-corrected chi connectivity index (χ1v) is 13.2. The number of rotatable bonds is 5. The Kier molecular flexibility index (Phi) is 6.55. The van der Waals surface area contributed by atoms with Crippen molar-refractivity contribution in [2.75, 3.05) is 0 Å². The second kappa shape index (κ2) is 9.63. The summed E-state index contributed by atoms with van der Waals surface area (Å²) in [7, 11) is 0. The number of nitrogens with one attached hydrogen (secondary N) is 2. The standard InChI is InChI=1S/C28H25Br2N3O2/c1-16(2)31-28(35)26-23(30)21-13-10-19-14-22(18-6-4-3-5-7-18)27(34)32-24(19)25(21)33(26)15-17-8-11-20(29)12-9-17/h3-9,11-12,14,16H,10,13,15H2,1-2H3,(H,31,35)(H,32,34). The number of benzene rings is 2. The Hall–Kier alpha value is -2.90. The molecule has 0 radical (unpaired) electrons. The van der Waals surface area contributed by atoms with E-state index in [-0.39, 0.29) is 17.5 Å². The molecule has 1 aliphatic carbocycles. The van der Waals surface area contributed by atoms with Crippen LogP contribution < -0.4 is 10.9 Å². The number of carbonyl (C=O) groups excluding carboxylic acids is 1. The van der Waals surface area contributed by atoms with E-state index in [1.54, 1.807) is 0 Å². The van der Waals surface area contributed by atoms with Crippen molar-refractivity contribution in [3.63, 3.8) is 0 Å². The highest BCUT2D eigenvalue weighted by Gasteiger charge is 2.31. The van der Waals surface area contributed by atoms with Crippen LogP contribution in [0.1, 0.15) is 41.0 Å². The van der Waals surface area contributed by atoms with E-state index in [1.165, 1.54) is 0 Å². The molecule has 178 valence electrons. The van der Waals surface area contributed by atoms with E-state index in [0.717, 1.165) is 55.4 Å². The molecule has 2 heterocycles. The summed E-state index contributed by atoms with van der Waals surface area (Å²) in [5.74, 6) is -0.136. The lowest BCUT2D eigenvalue weighted by Gasteiger charge is -2.21. The number of fused-ring (bicyclic) bond motifs is 3. The number of hydrogen-bond acceptors (Lipinski definition) is 2. The molecule has 2 N–H and O–H groups in total. The maximum atomic E-state index is 13.3. The van der Waals surface area contributed by atoms with E-state index in [9.17, 15) is 9.59 Å². The molecule has 7 heteroatoms. The largest absolute Gasteiger partial charge is 0.349 e. The van der Waals surface area contributed by atoms with Gasteiger partial charge in [0.2, 0.25) is 0 Å². The summed E-state index contributed by atoms with van der Waals surface area (Å²) in [6.45, 7) is 4.40. The Bertz CT molecular complexity index is 1470. The number of aromatic amines is 1. The highest BCUT2D eigenvalue weighted by atomic mass is 79.9. The third-order valence-corrected chi connectivity index (χ3v) is 7.66. The van der Waals surface area contributed by atoms with Crippen LogP contribution in [0.15, 0.2) is 74.4 Å². The van der Waals surface area contributed by atoms with Gasteiger partial charge in [-0.2, -0.15) is 0 Å². The molecule has 4 aromatic rings. The maximum Gasteiger partial charge on any atom is 0.269 e. The van der Waals surface area contributed by atoms with E-state index in [1.807, 2.05) is 79.1 Å². The lowest BCUT2D eigenvalue weighted by molar-refractivity contribution is 0.0933. The molecular weight excluding hydrogens is 570 g/mol. The third kappa shape index (κ3) is 4.55. The predicted molar refractivity (Wildman–Crippen MR) is 147 cm³/mol. The number of halogens is 2. The van der Waals surface area contributed by atoms with Crippen molar-refractivity contribution in [1.82, 2.24) is 14.9 Å². The number of nitrogens with zero attached hydrogens (tertiary/aromatic N) is 1. The summed E-state index contributed by atoms with van der Waals surface area (Å²) in [6.07, 6.45) is 1.56. The molecule has 2 aromatic carbocycles. The molecule has 0 saturated heterocycles. The van der Waals surface area contributed by atoms with Crippen molar-refractivity contribution in [1.29, 1.82) is 0 Å². The van der Waals surface area contributed by atoms with Gasteiger partial charge in [0.1, 0.15) is 5.69 Å². The fourth-order valence-corrected chi connectivity index (χ4v) is 5.76. The Morgan fingerprint density at radius 1 is 1.06 bits per heavy atom. The van der Waals surface area contributed by atoms with Crippen molar-refractivity contribution in [3.05, 3.63) is 102 Å². The topological polar surface area (TPSA) is 66.9 Å². The van der Waals surface area contributed by atoms with E-state index >= 15 is 0 Å². The minimum absolute atomic E-state index is 0.00276. The second-order valence-corrected chi connectivity index (χ2v) is 10.8. The number of carbonyl (C=O) groups is 1. The summed E-state index contributed by atoms with van der Waals surface area (Å²) in [6, 6.07) is 19.8. The Balaban J connectivity index is 1.71. The van der Waals surface area contributed by atoms with Crippen LogP contribution >= 0.6 is 31.9 Å². The van der Waals surface area contributed by atoms with Crippen LogP contribution in [0.25, 0.3) is 22.5 Å². The summed E-state index contributed by atoms with van der Waals surface area (Å²) >= 11 is 7.24. The average molecular weight is 595 g/mol. The first-order valence-electron chi connectivity index (χ1n) is 11.6. The molecule has 0 bridgehead atoms. The van der Waals surface area contributed by atoms with Crippen LogP contribution in [0, 0.1) is 0 Å². The van der Waals surface area contributed by atoms with Gasteiger partial charge in [-0.15, -0.1) is 0 Å². The molecule has 0 aliphatic heterocycles. The lowest BCUT2D eigenvalue weighted by atomic mass is 9.92. The van der Waals surface area contributed by atoms with Gasteiger partial charge >= 0.3 is 0 Å². The third-order valence-electron chi connectivity index (χ3n) is 6.28. The van der Waals surface area contributed by atoms with Crippen LogP contribution in [0.2, 0.25) is 0 Å². The molecule has 0 fully saturated rings. The highest BCUT2D eigenvalue weighted by molar-refractivity contribution is 9.10. The van der Waals surface area contributed by atoms with Crippen molar-refractivity contribution in [2.24, 2.45) is 0 Å². The first-order chi connectivity index (χ1) is 16.8. The monoisotopic (exact) mass is 593 g/mol. The molecule has 0 saturated carbocycles. The minimum atomic E-state index is -0.136. The fraction of sp³-hybridized carbons (Fsp3) is 0.214. The second-order valence-electron chi connectivity index (χ2n) is 9.11. The summed E-state index contributed by atoms with van der Waals surface area (Å²) in [5, 5.41) is 3.04. The zero-order valence-corrected chi connectivity index (χ0v) is 22.7. The molecule has 0 spiro atoms. The van der Waals surface area contributed by atoms with Crippen molar-refractivity contribution >= 4 is 37.8 Å². The SMILES string of the molecule is CC(C)NC(=O)c1c(Br)c2c(n1Cc1ccc(Br)cc1)-c1[nH]c(=O)c(-c3ccccc3)cc1CC2. The van der Waals surface area contributed by atoms with Gasteiger partial charge in [-0.05, 0) is 83.1 Å². The van der Waals surface area contributed by atoms with Gasteiger partial charge in [-0.25, -0.2) is 0 Å². The van der Waals surface area contributed by atoms with E-state index in [4.69, 9.17) is 0 Å². The average Bonchev–Trinajstić information content (AvgIpc) is 3.12. The zero-order valence-electron chi connectivity index (χ0n) is 19.5. The number of hydrogen-bond donors (Lipinski definition) is 2. The molecule has 5 rings (SSSR count). The number of aromatic nitrogens is 2. The fourth-order valence-electron chi connectivity index (χ4n) is 4.71. The molecule has 1 aliphatic rings. The highest BCUT2D eigenvalue weighted by Crippen LogP contribution is 2.41. The van der Waals surface area contributed by atoms with Crippen LogP contribution in [0.3, 0.4) is 0 Å². The van der Waals surface area contributed by atoms with Crippen LogP contribution in [-0.2, 0) is 19.4 Å². The number of amides is 1. The summed E-state index contributed by atoms with van der Waals surface area (Å²) in [4.78, 5) is 29.7. The van der Waals surface area contributed by atoms with Crippen molar-refractivity contribution in [2.45, 2.75) is 39.3 Å². The Morgan fingerprint density at radius 2 is 1.77 bits per heavy atom. The van der Waals surface area contributed by atoms with Gasteiger partial charge in [0.25, 0.3) is 11.5 Å². The molecule has 0 atom stereocenters. The minimum Gasteiger partial charge on any atom is -0.349 e. The van der Waals surface area contributed by atoms with E-state index in [2.05, 4.69) is 42.2 Å². The van der Waals surface area contributed by atoms with Gasteiger partial charge in [-0.1, -0.05) is 58.4 Å². The molecule has 35 heavy (non-hydrogen) atoms. The normalized spacial score (nSPS) is 12.4. The number of pyridine rings is 1. The van der Waals surface area contributed by atoms with Crippen molar-refractivity contribution in [3.8, 4) is 22.5 Å². The Labute approximate surface area is 220 Å². The van der Waals surface area contributed by atoms with Crippen LogP contribution in [-0.4, -0.2) is 21.5 Å². The van der Waals surface area contributed by atoms with Crippen molar-refractivity contribution < 1.29 is 4.79 Å².